The van der Waals surface area contributed by atoms with Gasteiger partial charge in [-0.25, -0.2) is 0 Å². The minimum Gasteiger partial charge on any atom is -0.0991 e. The summed E-state index contributed by atoms with van der Waals surface area (Å²) in [7, 11) is 0. The third-order valence-corrected chi connectivity index (χ3v) is 1.05. The molecule has 0 saturated heterocycles. The zero-order valence-electron chi connectivity index (χ0n) is 6.17. The molecule has 50 valence electrons. The molecule has 0 aliphatic carbocycles. The molecule has 0 aromatic heterocycles. The Labute approximate surface area is 57.6 Å². The molecule has 1 atom stereocenters. The lowest BCUT2D eigenvalue weighted by atomic mass is 10.1. The normalized spacial score (nSPS) is 14.9. The molecule has 0 rings (SSSR count). The van der Waals surface area contributed by atoms with Crippen LogP contribution in [0.25, 0.3) is 0 Å². The summed E-state index contributed by atoms with van der Waals surface area (Å²) in [5.74, 6) is 0.535. The minimum atomic E-state index is 0.535. The van der Waals surface area contributed by atoms with E-state index in [9.17, 15) is 0 Å². The van der Waals surface area contributed by atoms with E-state index in [1.165, 1.54) is 0 Å². The van der Waals surface area contributed by atoms with Gasteiger partial charge in [-0.2, -0.15) is 0 Å². The fraction of sp³-hybridized carbons (Fsp3) is 0.333. The van der Waals surface area contributed by atoms with Gasteiger partial charge in [0.15, 0.2) is 0 Å². The first-order valence-corrected chi connectivity index (χ1v) is 3.23. The maximum atomic E-state index is 3.58. The third kappa shape index (κ3) is 5.09. The molecule has 0 bridgehead atoms. The van der Waals surface area contributed by atoms with E-state index < -0.39 is 0 Å². The second-order valence-electron chi connectivity index (χ2n) is 2.01. The molecule has 0 aromatic carbocycles. The SMILES string of the molecule is C=C/C=C\[C@@H](C)/C=C\C. The van der Waals surface area contributed by atoms with Crippen molar-refractivity contribution in [1.29, 1.82) is 0 Å². The first-order valence-electron chi connectivity index (χ1n) is 3.23. The predicted molar refractivity (Wildman–Crippen MR) is 43.3 cm³/mol. The van der Waals surface area contributed by atoms with Crippen molar-refractivity contribution in [2.45, 2.75) is 13.8 Å². The number of allylic oxidation sites excluding steroid dienone is 5. The molecular weight excluding hydrogens is 108 g/mol. The molecule has 0 aliphatic rings. The van der Waals surface area contributed by atoms with Gasteiger partial charge in [-0.15, -0.1) is 0 Å². The molecule has 0 heterocycles. The summed E-state index contributed by atoms with van der Waals surface area (Å²) in [5.41, 5.74) is 0. The van der Waals surface area contributed by atoms with Crippen LogP contribution in [0.15, 0.2) is 37.0 Å². The Morgan fingerprint density at radius 1 is 1.33 bits per heavy atom. The Bertz CT molecular complexity index is 118. The van der Waals surface area contributed by atoms with Crippen molar-refractivity contribution in [3.05, 3.63) is 37.0 Å². The van der Waals surface area contributed by atoms with Crippen molar-refractivity contribution in [2.75, 3.05) is 0 Å². The summed E-state index contributed by atoms with van der Waals surface area (Å²) in [4.78, 5) is 0. The van der Waals surface area contributed by atoms with Gasteiger partial charge in [0.25, 0.3) is 0 Å². The van der Waals surface area contributed by atoms with Crippen LogP contribution in [-0.4, -0.2) is 0 Å². The van der Waals surface area contributed by atoms with Crippen molar-refractivity contribution in [1.82, 2.24) is 0 Å². The number of hydrogen-bond acceptors (Lipinski definition) is 0. The third-order valence-electron chi connectivity index (χ3n) is 1.05. The number of hydrogen-bond donors (Lipinski definition) is 0. The van der Waals surface area contributed by atoms with E-state index in [0.29, 0.717) is 5.92 Å². The Morgan fingerprint density at radius 2 is 2.00 bits per heavy atom. The first kappa shape index (κ1) is 8.22. The highest BCUT2D eigenvalue weighted by Crippen LogP contribution is 1.98. The van der Waals surface area contributed by atoms with Gasteiger partial charge >= 0.3 is 0 Å². The van der Waals surface area contributed by atoms with Crippen LogP contribution in [-0.2, 0) is 0 Å². The Balaban J connectivity index is 3.61. The summed E-state index contributed by atoms with van der Waals surface area (Å²) in [6.45, 7) is 7.75. The minimum absolute atomic E-state index is 0.535. The molecule has 0 spiro atoms. The van der Waals surface area contributed by atoms with Crippen LogP contribution in [0.5, 0.6) is 0 Å². The summed E-state index contributed by atoms with van der Waals surface area (Å²) < 4.78 is 0. The van der Waals surface area contributed by atoms with E-state index in [0.717, 1.165) is 0 Å². The summed E-state index contributed by atoms with van der Waals surface area (Å²) >= 11 is 0. The Morgan fingerprint density at radius 3 is 2.44 bits per heavy atom. The van der Waals surface area contributed by atoms with Gasteiger partial charge in [-0.05, 0) is 12.8 Å². The molecule has 0 aliphatic heterocycles. The van der Waals surface area contributed by atoms with Crippen LogP contribution in [0.3, 0.4) is 0 Å². The van der Waals surface area contributed by atoms with Crippen molar-refractivity contribution in [2.24, 2.45) is 5.92 Å². The van der Waals surface area contributed by atoms with Crippen LogP contribution >= 0.6 is 0 Å². The lowest BCUT2D eigenvalue weighted by molar-refractivity contribution is 0.938. The molecule has 0 amide bonds. The molecule has 0 radical (unpaired) electrons. The second kappa shape index (κ2) is 5.36. The van der Waals surface area contributed by atoms with E-state index in [4.69, 9.17) is 0 Å². The molecule has 0 saturated carbocycles. The van der Waals surface area contributed by atoms with Crippen molar-refractivity contribution < 1.29 is 0 Å². The molecule has 0 unspecified atom stereocenters. The van der Waals surface area contributed by atoms with Crippen LogP contribution in [0, 0.1) is 5.92 Å². The molecule has 0 nitrogen and oxygen atoms in total. The summed E-state index contributed by atoms with van der Waals surface area (Å²) in [6, 6.07) is 0. The van der Waals surface area contributed by atoms with Crippen LogP contribution in [0.1, 0.15) is 13.8 Å². The van der Waals surface area contributed by atoms with Gasteiger partial charge in [0.2, 0.25) is 0 Å². The zero-order chi connectivity index (χ0) is 7.11. The van der Waals surface area contributed by atoms with Crippen LogP contribution in [0.4, 0.5) is 0 Å². The van der Waals surface area contributed by atoms with Gasteiger partial charge in [0.1, 0.15) is 0 Å². The largest absolute Gasteiger partial charge is 0.0991 e. The van der Waals surface area contributed by atoms with Gasteiger partial charge in [0.05, 0.1) is 0 Å². The fourth-order valence-electron chi connectivity index (χ4n) is 0.622. The Kier molecular flexibility index (Phi) is 4.89. The van der Waals surface area contributed by atoms with Crippen LogP contribution < -0.4 is 0 Å². The quantitative estimate of drug-likeness (QED) is 0.399. The lowest BCUT2D eigenvalue weighted by Crippen LogP contribution is -1.78. The standard InChI is InChI=1S/C9H14/c1-4-6-8-9(3)7-5-2/h4-9H,1H2,2-3H3/b7-5-,8-6-/t9-/m0/s1. The highest BCUT2D eigenvalue weighted by atomic mass is 13.9. The number of rotatable bonds is 3. The van der Waals surface area contributed by atoms with Gasteiger partial charge in [-0.1, -0.05) is 43.9 Å². The van der Waals surface area contributed by atoms with E-state index in [1.807, 2.05) is 13.0 Å². The lowest BCUT2D eigenvalue weighted by Gasteiger charge is -1.92. The van der Waals surface area contributed by atoms with Crippen molar-refractivity contribution >= 4 is 0 Å². The highest BCUT2D eigenvalue weighted by Gasteiger charge is 1.83. The van der Waals surface area contributed by atoms with E-state index >= 15 is 0 Å². The Hall–Kier alpha value is -0.780. The second-order valence-corrected chi connectivity index (χ2v) is 2.01. The summed E-state index contributed by atoms with van der Waals surface area (Å²) in [6.07, 6.45) is 10.1. The highest BCUT2D eigenvalue weighted by molar-refractivity contribution is 5.04. The first-order chi connectivity index (χ1) is 4.31. The zero-order valence-corrected chi connectivity index (χ0v) is 6.17. The molecule has 0 N–H and O–H groups in total. The molecule has 0 heteroatoms. The predicted octanol–water partition coefficient (Wildman–Crippen LogP) is 2.94. The van der Waals surface area contributed by atoms with Crippen molar-refractivity contribution in [3.63, 3.8) is 0 Å². The van der Waals surface area contributed by atoms with E-state index in [2.05, 4.69) is 31.7 Å². The average molecular weight is 122 g/mol. The monoisotopic (exact) mass is 122 g/mol. The molecule has 9 heavy (non-hydrogen) atoms. The molecule has 0 fully saturated rings. The molecule has 0 aromatic rings. The maximum absolute atomic E-state index is 3.58. The molecular formula is C9H14. The van der Waals surface area contributed by atoms with Gasteiger partial charge < -0.3 is 0 Å². The summed E-state index contributed by atoms with van der Waals surface area (Å²) in [5, 5.41) is 0. The smallest absolute Gasteiger partial charge is 0.00789 e. The van der Waals surface area contributed by atoms with E-state index in [-0.39, 0.29) is 0 Å². The van der Waals surface area contributed by atoms with Gasteiger partial charge in [-0.3, -0.25) is 0 Å². The van der Waals surface area contributed by atoms with Gasteiger partial charge in [0, 0.05) is 0 Å². The van der Waals surface area contributed by atoms with E-state index in [1.54, 1.807) is 6.08 Å². The van der Waals surface area contributed by atoms with Crippen LogP contribution in [0.2, 0.25) is 0 Å². The van der Waals surface area contributed by atoms with Crippen molar-refractivity contribution in [3.8, 4) is 0 Å². The topological polar surface area (TPSA) is 0 Å². The average Bonchev–Trinajstić information content (AvgIpc) is 1.85. The maximum Gasteiger partial charge on any atom is -0.00789 e. The fourth-order valence-corrected chi connectivity index (χ4v) is 0.622.